The first-order chi connectivity index (χ1) is 17.7. The molecule has 9 heteroatoms. The van der Waals surface area contributed by atoms with Crippen molar-refractivity contribution < 1.29 is 23.5 Å². The van der Waals surface area contributed by atoms with Gasteiger partial charge in [-0.2, -0.15) is 0 Å². The molecule has 0 unspecified atom stereocenters. The maximum absolute atomic E-state index is 13.4. The average molecular weight is 507 g/mol. The molecule has 0 bridgehead atoms. The summed E-state index contributed by atoms with van der Waals surface area (Å²) in [6.07, 6.45) is 1.54. The van der Waals surface area contributed by atoms with Crippen LogP contribution in [0, 0.1) is 19.7 Å². The molecule has 1 fully saturated rings. The monoisotopic (exact) mass is 506 g/mol. The van der Waals surface area contributed by atoms with Crippen molar-refractivity contribution in [2.45, 2.75) is 32.4 Å². The maximum atomic E-state index is 13.4. The molecular weight excluding hydrogens is 475 g/mol. The fourth-order valence-corrected chi connectivity index (χ4v) is 4.33. The minimum atomic E-state index is -1.09. The summed E-state index contributed by atoms with van der Waals surface area (Å²) in [5, 5.41) is 0. The van der Waals surface area contributed by atoms with Crippen LogP contribution in [0.5, 0.6) is 5.75 Å². The van der Waals surface area contributed by atoms with Gasteiger partial charge in [-0.3, -0.25) is 9.59 Å². The van der Waals surface area contributed by atoms with E-state index < -0.39 is 5.60 Å². The number of morpholine rings is 1. The van der Waals surface area contributed by atoms with Crippen molar-refractivity contribution in [3.05, 3.63) is 89.3 Å². The predicted molar refractivity (Wildman–Crippen MR) is 136 cm³/mol. The van der Waals surface area contributed by atoms with Crippen LogP contribution in [0.15, 0.2) is 60.8 Å². The lowest BCUT2D eigenvalue weighted by atomic mass is 9.96. The predicted octanol–water partition coefficient (Wildman–Crippen LogP) is 3.57. The standard InChI is InChI=1S/C28H31FN4O4/c1-20-25(16-30-21(2)31-20)27(35)33-13-14-37-28(18-33,19-36-24-11-9-23(29)10-12-24)15-26(34)32(3)17-22-7-5-4-6-8-22/h4-12,16H,13-15,17-19H2,1-3H3/t28-/m0/s1. The summed E-state index contributed by atoms with van der Waals surface area (Å²) in [5.74, 6) is 0.291. The van der Waals surface area contributed by atoms with E-state index in [9.17, 15) is 14.0 Å². The molecule has 3 aromatic rings. The summed E-state index contributed by atoms with van der Waals surface area (Å²) in [5.41, 5.74) is 0.916. The highest BCUT2D eigenvalue weighted by Gasteiger charge is 2.42. The summed E-state index contributed by atoms with van der Waals surface area (Å²) in [7, 11) is 1.74. The van der Waals surface area contributed by atoms with Crippen molar-refractivity contribution in [3.63, 3.8) is 0 Å². The lowest BCUT2D eigenvalue weighted by molar-refractivity contribution is -0.152. The van der Waals surface area contributed by atoms with Crippen molar-refractivity contribution in [1.29, 1.82) is 0 Å². The molecule has 0 N–H and O–H groups in total. The Labute approximate surface area is 216 Å². The van der Waals surface area contributed by atoms with E-state index >= 15 is 0 Å². The molecule has 194 valence electrons. The van der Waals surface area contributed by atoms with Gasteiger partial charge in [-0.1, -0.05) is 30.3 Å². The highest BCUT2D eigenvalue weighted by atomic mass is 19.1. The van der Waals surface area contributed by atoms with Crippen molar-refractivity contribution in [1.82, 2.24) is 19.8 Å². The van der Waals surface area contributed by atoms with Crippen LogP contribution in [0.2, 0.25) is 0 Å². The van der Waals surface area contributed by atoms with Crippen LogP contribution in [0.1, 0.15) is 33.9 Å². The Balaban J connectivity index is 1.54. The summed E-state index contributed by atoms with van der Waals surface area (Å²) in [6, 6.07) is 15.3. The molecule has 0 saturated carbocycles. The van der Waals surface area contributed by atoms with Crippen molar-refractivity contribution in [3.8, 4) is 5.75 Å². The van der Waals surface area contributed by atoms with Crippen molar-refractivity contribution >= 4 is 11.8 Å². The van der Waals surface area contributed by atoms with Gasteiger partial charge in [-0.15, -0.1) is 0 Å². The van der Waals surface area contributed by atoms with Crippen LogP contribution >= 0.6 is 0 Å². The number of aryl methyl sites for hydroxylation is 2. The third-order valence-corrected chi connectivity index (χ3v) is 6.34. The number of ether oxygens (including phenoxy) is 2. The summed E-state index contributed by atoms with van der Waals surface area (Å²) in [6.45, 7) is 4.73. The second kappa shape index (κ2) is 11.5. The highest BCUT2D eigenvalue weighted by molar-refractivity contribution is 5.95. The van der Waals surface area contributed by atoms with E-state index in [1.807, 2.05) is 30.3 Å². The topological polar surface area (TPSA) is 84.9 Å². The maximum Gasteiger partial charge on any atom is 0.257 e. The van der Waals surface area contributed by atoms with E-state index in [2.05, 4.69) is 9.97 Å². The number of rotatable bonds is 8. The third kappa shape index (κ3) is 6.68. The molecule has 1 aromatic heterocycles. The molecule has 8 nitrogen and oxygen atoms in total. The lowest BCUT2D eigenvalue weighted by Gasteiger charge is -2.42. The highest BCUT2D eigenvalue weighted by Crippen LogP contribution is 2.27. The second-order valence-electron chi connectivity index (χ2n) is 9.33. The van der Waals surface area contributed by atoms with Crippen LogP contribution in [0.3, 0.4) is 0 Å². The van der Waals surface area contributed by atoms with E-state index in [4.69, 9.17) is 9.47 Å². The summed E-state index contributed by atoms with van der Waals surface area (Å²) in [4.78, 5) is 38.5. The summed E-state index contributed by atoms with van der Waals surface area (Å²) >= 11 is 0. The Hall–Kier alpha value is -3.85. The van der Waals surface area contributed by atoms with E-state index in [0.29, 0.717) is 35.9 Å². The first kappa shape index (κ1) is 26.2. The zero-order valence-electron chi connectivity index (χ0n) is 21.3. The fraction of sp³-hybridized carbons (Fsp3) is 0.357. The Morgan fingerprint density at radius 3 is 2.57 bits per heavy atom. The largest absolute Gasteiger partial charge is 0.490 e. The molecule has 4 rings (SSSR count). The van der Waals surface area contributed by atoms with Gasteiger partial charge in [0.05, 0.1) is 30.8 Å². The number of halogens is 1. The zero-order valence-corrected chi connectivity index (χ0v) is 21.3. The van der Waals surface area contributed by atoms with Crippen molar-refractivity contribution in [2.24, 2.45) is 0 Å². The number of benzene rings is 2. The Kier molecular flexibility index (Phi) is 8.13. The molecule has 1 aliphatic heterocycles. The molecule has 0 aliphatic carbocycles. The van der Waals surface area contributed by atoms with Gasteiger partial charge in [0.25, 0.3) is 5.91 Å². The lowest BCUT2D eigenvalue weighted by Crippen LogP contribution is -2.58. The summed E-state index contributed by atoms with van der Waals surface area (Å²) < 4.78 is 25.5. The number of carbonyl (C=O) groups is 2. The van der Waals surface area contributed by atoms with Gasteiger partial charge < -0.3 is 19.3 Å². The number of aromatic nitrogens is 2. The fourth-order valence-electron chi connectivity index (χ4n) is 4.33. The molecule has 1 aliphatic rings. The Morgan fingerprint density at radius 2 is 1.86 bits per heavy atom. The Morgan fingerprint density at radius 1 is 1.14 bits per heavy atom. The molecule has 0 radical (unpaired) electrons. The van der Waals surface area contributed by atoms with Gasteiger partial charge in [0.15, 0.2) is 0 Å². The Bertz CT molecular complexity index is 1240. The van der Waals surface area contributed by atoms with E-state index in [-0.39, 0.29) is 43.8 Å². The first-order valence-electron chi connectivity index (χ1n) is 12.1. The average Bonchev–Trinajstić information content (AvgIpc) is 2.89. The molecule has 0 spiro atoms. The quantitative estimate of drug-likeness (QED) is 0.465. The van der Waals surface area contributed by atoms with Gasteiger partial charge in [0.1, 0.15) is 29.6 Å². The van der Waals surface area contributed by atoms with Crippen LogP contribution in [-0.4, -0.2) is 70.5 Å². The minimum Gasteiger partial charge on any atom is -0.490 e. The molecule has 37 heavy (non-hydrogen) atoms. The molecular formula is C28H31FN4O4. The van der Waals surface area contributed by atoms with Gasteiger partial charge in [0, 0.05) is 26.3 Å². The van der Waals surface area contributed by atoms with Crippen molar-refractivity contribution in [2.75, 3.05) is 33.4 Å². The number of nitrogens with zero attached hydrogens (tertiary/aromatic N) is 4. The van der Waals surface area contributed by atoms with Gasteiger partial charge in [-0.05, 0) is 43.7 Å². The molecule has 2 aromatic carbocycles. The van der Waals surface area contributed by atoms with E-state index in [1.54, 1.807) is 30.7 Å². The number of amides is 2. The first-order valence-corrected chi connectivity index (χ1v) is 12.1. The van der Waals surface area contributed by atoms with E-state index in [0.717, 1.165) is 5.56 Å². The van der Waals surface area contributed by atoms with Crippen LogP contribution in [-0.2, 0) is 16.1 Å². The second-order valence-corrected chi connectivity index (χ2v) is 9.33. The minimum absolute atomic E-state index is 0.00465. The number of hydrogen-bond acceptors (Lipinski definition) is 6. The zero-order chi connectivity index (χ0) is 26.4. The van der Waals surface area contributed by atoms with Gasteiger partial charge >= 0.3 is 0 Å². The van der Waals surface area contributed by atoms with Gasteiger partial charge in [-0.25, -0.2) is 14.4 Å². The molecule has 2 heterocycles. The van der Waals surface area contributed by atoms with Crippen LogP contribution in [0.25, 0.3) is 0 Å². The SMILES string of the molecule is Cc1ncc(C(=O)N2CCO[C@@](COc3ccc(F)cc3)(CC(=O)N(C)Cc3ccccc3)C2)c(C)n1. The number of carbonyl (C=O) groups excluding carboxylic acids is 2. The van der Waals surface area contributed by atoms with Crippen LogP contribution in [0.4, 0.5) is 4.39 Å². The molecule has 1 saturated heterocycles. The molecule has 2 amide bonds. The van der Waals surface area contributed by atoms with Gasteiger partial charge in [0.2, 0.25) is 5.91 Å². The normalized spacial score (nSPS) is 17.4. The van der Waals surface area contributed by atoms with Crippen LogP contribution < -0.4 is 4.74 Å². The van der Waals surface area contributed by atoms with E-state index in [1.165, 1.54) is 30.5 Å². The molecule has 1 atom stereocenters. The third-order valence-electron chi connectivity index (χ3n) is 6.34. The smallest absolute Gasteiger partial charge is 0.257 e. The number of hydrogen-bond donors (Lipinski definition) is 0.